The highest BCUT2D eigenvalue weighted by atomic mass is 16.5. The largest absolute Gasteiger partial charge is 0.494 e. The van der Waals surface area contributed by atoms with Crippen LogP contribution in [0.15, 0.2) is 24.3 Å². The minimum atomic E-state index is -0.359. The molecule has 1 aromatic carbocycles. The predicted octanol–water partition coefficient (Wildman–Crippen LogP) is 5.76. The van der Waals surface area contributed by atoms with E-state index in [1.54, 1.807) is 0 Å². The Morgan fingerprint density at radius 2 is 1.80 bits per heavy atom. The third-order valence-electron chi connectivity index (χ3n) is 5.84. The molecule has 1 aromatic heterocycles. The summed E-state index contributed by atoms with van der Waals surface area (Å²) in [6.45, 7) is 7.02. The maximum absolute atomic E-state index is 12.9. The first-order chi connectivity index (χ1) is 14.5. The highest BCUT2D eigenvalue weighted by Crippen LogP contribution is 2.35. The second kappa shape index (κ2) is 10.5. The molecule has 0 amide bonds. The van der Waals surface area contributed by atoms with Gasteiger partial charge in [-0.3, -0.25) is 4.79 Å². The SMILES string of the molecule is CCCCCCCOC(=O)c1[nH]c2c(c1C)C(=O)C[C@@H](c1ccc(OCC)cc1)C2. The van der Waals surface area contributed by atoms with Gasteiger partial charge in [0.25, 0.3) is 0 Å². The summed E-state index contributed by atoms with van der Waals surface area (Å²) >= 11 is 0. The Hall–Kier alpha value is -2.56. The number of ether oxygens (including phenoxy) is 2. The fraction of sp³-hybridized carbons (Fsp3) is 0.520. The van der Waals surface area contributed by atoms with E-state index in [1.807, 2.05) is 38.1 Å². The number of esters is 1. The maximum atomic E-state index is 12.9. The molecule has 162 valence electrons. The summed E-state index contributed by atoms with van der Waals surface area (Å²) < 4.78 is 11.0. The van der Waals surface area contributed by atoms with Crippen molar-refractivity contribution in [2.45, 2.75) is 71.6 Å². The standard InChI is InChI=1S/C25H33NO4/c1-4-6-7-8-9-14-30-25(28)24-17(3)23-21(26-24)15-19(16-22(23)27)18-10-12-20(13-11-18)29-5-2/h10-13,19,26H,4-9,14-16H2,1-3H3/t19-/m0/s1. The molecule has 1 atom stereocenters. The molecule has 5 heteroatoms. The maximum Gasteiger partial charge on any atom is 0.355 e. The molecular formula is C25H33NO4. The second-order valence-corrected chi connectivity index (χ2v) is 8.06. The van der Waals surface area contributed by atoms with Crippen LogP contribution in [-0.4, -0.2) is 30.0 Å². The highest BCUT2D eigenvalue weighted by molar-refractivity contribution is 6.03. The van der Waals surface area contributed by atoms with Gasteiger partial charge in [-0.2, -0.15) is 0 Å². The third kappa shape index (κ3) is 5.13. The van der Waals surface area contributed by atoms with Crippen molar-refractivity contribution in [3.05, 3.63) is 52.3 Å². The summed E-state index contributed by atoms with van der Waals surface area (Å²) in [6, 6.07) is 7.94. The van der Waals surface area contributed by atoms with Gasteiger partial charge in [-0.25, -0.2) is 4.79 Å². The quantitative estimate of drug-likeness (QED) is 0.398. The first-order valence-electron chi connectivity index (χ1n) is 11.2. The Morgan fingerprint density at radius 1 is 1.07 bits per heavy atom. The number of rotatable bonds is 10. The Kier molecular flexibility index (Phi) is 7.72. The molecule has 0 saturated heterocycles. The Bertz CT molecular complexity index is 866. The van der Waals surface area contributed by atoms with Crippen LogP contribution in [0.5, 0.6) is 5.75 Å². The second-order valence-electron chi connectivity index (χ2n) is 8.06. The number of hydrogen-bond donors (Lipinski definition) is 1. The summed E-state index contributed by atoms with van der Waals surface area (Å²) in [5.41, 5.74) is 3.77. The van der Waals surface area contributed by atoms with E-state index in [1.165, 1.54) is 19.3 Å². The molecule has 1 heterocycles. The Labute approximate surface area is 179 Å². The van der Waals surface area contributed by atoms with Gasteiger partial charge in [0.1, 0.15) is 11.4 Å². The summed E-state index contributed by atoms with van der Waals surface area (Å²) in [6.07, 6.45) is 6.69. The van der Waals surface area contributed by atoms with Gasteiger partial charge in [0.05, 0.1) is 13.2 Å². The Morgan fingerprint density at radius 3 is 2.50 bits per heavy atom. The van der Waals surface area contributed by atoms with E-state index in [9.17, 15) is 9.59 Å². The number of unbranched alkanes of at least 4 members (excludes halogenated alkanes) is 4. The van der Waals surface area contributed by atoms with Crippen molar-refractivity contribution in [1.29, 1.82) is 0 Å². The van der Waals surface area contributed by atoms with E-state index in [0.717, 1.165) is 35.4 Å². The first-order valence-corrected chi connectivity index (χ1v) is 11.2. The van der Waals surface area contributed by atoms with Crippen LogP contribution < -0.4 is 4.74 Å². The van der Waals surface area contributed by atoms with E-state index in [4.69, 9.17) is 9.47 Å². The number of nitrogens with one attached hydrogen (secondary N) is 1. The fourth-order valence-electron chi connectivity index (χ4n) is 4.22. The van der Waals surface area contributed by atoms with Crippen LogP contribution in [0.4, 0.5) is 0 Å². The molecule has 0 bridgehead atoms. The Balaban J connectivity index is 1.66. The lowest BCUT2D eigenvalue weighted by atomic mass is 9.81. The molecule has 0 spiro atoms. The molecule has 1 aliphatic rings. The molecule has 1 aliphatic carbocycles. The van der Waals surface area contributed by atoms with Gasteiger partial charge < -0.3 is 14.5 Å². The van der Waals surface area contributed by atoms with Gasteiger partial charge in [-0.1, -0.05) is 44.7 Å². The number of carbonyl (C=O) groups excluding carboxylic acids is 2. The summed E-state index contributed by atoms with van der Waals surface area (Å²) in [5, 5.41) is 0. The molecule has 3 rings (SSSR count). The number of aromatic nitrogens is 1. The number of Topliss-reactive ketones (excluding diaryl/α,β-unsaturated/α-hetero) is 1. The van der Waals surface area contributed by atoms with Crippen molar-refractivity contribution in [2.75, 3.05) is 13.2 Å². The van der Waals surface area contributed by atoms with Crippen LogP contribution in [0.25, 0.3) is 0 Å². The van der Waals surface area contributed by atoms with Crippen molar-refractivity contribution in [3.8, 4) is 5.75 Å². The molecule has 2 aromatic rings. The lowest BCUT2D eigenvalue weighted by Gasteiger charge is -2.22. The molecule has 5 nitrogen and oxygen atoms in total. The summed E-state index contributed by atoms with van der Waals surface area (Å²) in [5.74, 6) is 0.658. The van der Waals surface area contributed by atoms with Crippen molar-refractivity contribution >= 4 is 11.8 Å². The van der Waals surface area contributed by atoms with Gasteiger partial charge in [-0.05, 0) is 55.9 Å². The number of aromatic amines is 1. The van der Waals surface area contributed by atoms with Crippen LogP contribution in [0, 0.1) is 6.92 Å². The van der Waals surface area contributed by atoms with E-state index in [0.29, 0.717) is 37.3 Å². The van der Waals surface area contributed by atoms with Crippen molar-refractivity contribution < 1.29 is 19.1 Å². The van der Waals surface area contributed by atoms with Gasteiger partial charge >= 0.3 is 5.97 Å². The average molecular weight is 412 g/mol. The number of H-pyrrole nitrogens is 1. The minimum absolute atomic E-state index is 0.0856. The third-order valence-corrected chi connectivity index (χ3v) is 5.84. The van der Waals surface area contributed by atoms with Gasteiger partial charge in [0, 0.05) is 17.7 Å². The molecular weight excluding hydrogens is 378 g/mol. The van der Waals surface area contributed by atoms with Gasteiger partial charge in [0.15, 0.2) is 5.78 Å². The molecule has 0 aliphatic heterocycles. The van der Waals surface area contributed by atoms with E-state index >= 15 is 0 Å². The normalized spacial score (nSPS) is 15.7. The zero-order chi connectivity index (χ0) is 21.5. The molecule has 0 unspecified atom stereocenters. The summed E-state index contributed by atoms with van der Waals surface area (Å²) in [4.78, 5) is 28.6. The lowest BCUT2D eigenvalue weighted by Crippen LogP contribution is -2.18. The van der Waals surface area contributed by atoms with Crippen molar-refractivity contribution in [3.63, 3.8) is 0 Å². The van der Waals surface area contributed by atoms with Gasteiger partial charge in [0.2, 0.25) is 0 Å². The van der Waals surface area contributed by atoms with Crippen LogP contribution in [0.3, 0.4) is 0 Å². The van der Waals surface area contributed by atoms with Crippen molar-refractivity contribution in [2.24, 2.45) is 0 Å². The number of fused-ring (bicyclic) bond motifs is 1. The van der Waals surface area contributed by atoms with Gasteiger partial charge in [-0.15, -0.1) is 0 Å². The molecule has 0 saturated carbocycles. The lowest BCUT2D eigenvalue weighted by molar-refractivity contribution is 0.0490. The zero-order valence-electron chi connectivity index (χ0n) is 18.4. The van der Waals surface area contributed by atoms with Crippen molar-refractivity contribution in [1.82, 2.24) is 4.98 Å². The van der Waals surface area contributed by atoms with Crippen LogP contribution in [0.2, 0.25) is 0 Å². The number of hydrogen-bond acceptors (Lipinski definition) is 4. The monoisotopic (exact) mass is 411 g/mol. The number of benzene rings is 1. The predicted molar refractivity (Wildman–Crippen MR) is 118 cm³/mol. The first kappa shape index (κ1) is 22.1. The van der Waals surface area contributed by atoms with E-state index in [-0.39, 0.29) is 17.7 Å². The topological polar surface area (TPSA) is 68.4 Å². The van der Waals surface area contributed by atoms with E-state index in [2.05, 4.69) is 11.9 Å². The zero-order valence-corrected chi connectivity index (χ0v) is 18.4. The molecule has 30 heavy (non-hydrogen) atoms. The van der Waals surface area contributed by atoms with Crippen LogP contribution >= 0.6 is 0 Å². The highest BCUT2D eigenvalue weighted by Gasteiger charge is 2.32. The minimum Gasteiger partial charge on any atom is -0.494 e. The number of ketones is 1. The molecule has 0 radical (unpaired) electrons. The fourth-order valence-corrected chi connectivity index (χ4v) is 4.22. The number of carbonyl (C=O) groups is 2. The van der Waals surface area contributed by atoms with Crippen LogP contribution in [-0.2, 0) is 11.2 Å². The molecule has 0 fully saturated rings. The smallest absolute Gasteiger partial charge is 0.355 e. The van der Waals surface area contributed by atoms with E-state index < -0.39 is 0 Å². The average Bonchev–Trinajstić information content (AvgIpc) is 3.08. The van der Waals surface area contributed by atoms with Crippen LogP contribution in [0.1, 0.15) is 96.0 Å². The molecule has 1 N–H and O–H groups in total. The summed E-state index contributed by atoms with van der Waals surface area (Å²) in [7, 11) is 0.